The minimum Gasteiger partial charge on any atom is 0 e. The molecule has 2 aliphatic carbocycles. The molecule has 6 aliphatic rings. The number of alkyl halides is 6. The molecule has 54 heavy (non-hydrogen) atoms. The van der Waals surface area contributed by atoms with Crippen LogP contribution in [0.4, 0.5) is 60.3 Å². The molecule has 0 aromatic rings. The molecule has 0 saturated carbocycles. The van der Waals surface area contributed by atoms with Crippen molar-refractivity contribution in [2.45, 2.75) is 101 Å². The Hall–Kier alpha value is -1.80. The maximum absolute atomic E-state index is 12.7. The van der Waals surface area contributed by atoms with Crippen LogP contribution in [-0.4, -0.2) is 62.7 Å². The molecule has 0 amide bonds. The van der Waals surface area contributed by atoms with E-state index in [0.717, 1.165) is 37.1 Å². The molecule has 0 aromatic carbocycles. The van der Waals surface area contributed by atoms with Crippen molar-refractivity contribution in [3.05, 3.63) is 92.7 Å². The minimum atomic E-state index is -10.7. The van der Waals surface area contributed by atoms with Gasteiger partial charge in [-0.25, -0.2) is 0 Å². The van der Waals surface area contributed by atoms with Crippen LogP contribution < -0.4 is 0 Å². The van der Waals surface area contributed by atoms with Crippen LogP contribution in [0.5, 0.6) is 0 Å². The fraction of sp³-hybridized carbons (Fsp3) is 0.647. The van der Waals surface area contributed by atoms with Crippen LogP contribution in [0, 0.1) is 24.2 Å². The summed E-state index contributed by atoms with van der Waals surface area (Å²) >= 11 is 0. The summed E-state index contributed by atoms with van der Waals surface area (Å²) in [5, 5.41) is 17.1. The Bertz CT molecular complexity index is 1270. The molecule has 4 fully saturated rings. The molecule has 4 saturated heterocycles. The zero-order chi connectivity index (χ0) is 39.6. The van der Waals surface area contributed by atoms with E-state index in [1.165, 1.54) is 50.0 Å². The van der Waals surface area contributed by atoms with Gasteiger partial charge in [-0.15, -0.1) is 73.7 Å². The topological polar surface area (TPSA) is 56.4 Å². The number of allylic oxidation sites excluding steroid dienone is 2. The molecule has 20 heteroatoms. The van der Waals surface area contributed by atoms with Gasteiger partial charge in [0.2, 0.25) is 0 Å². The molecule has 0 bridgehead atoms. The first-order valence-corrected chi connectivity index (χ1v) is 19.1. The molecule has 1 radical (unpaired) electrons. The van der Waals surface area contributed by atoms with Crippen molar-refractivity contribution in [2.75, 3.05) is 26.2 Å². The number of nitrogens with zero attached hydrogens (tertiary/aromatic N) is 4. The Morgan fingerprint density at radius 1 is 0.556 bits per heavy atom. The van der Waals surface area contributed by atoms with E-state index in [4.69, 9.17) is 0 Å². The number of hydrogen-bond donors (Lipinski definition) is 0. The van der Waals surface area contributed by atoms with Crippen molar-refractivity contribution in [1.29, 1.82) is 0 Å². The Morgan fingerprint density at radius 3 is 1.17 bits per heavy atom. The van der Waals surface area contributed by atoms with Crippen LogP contribution in [0.25, 0.3) is 21.3 Å². The molecule has 6 atom stereocenters. The van der Waals surface area contributed by atoms with Gasteiger partial charge in [0.05, 0.1) is 11.8 Å². The number of rotatable bonds is 3. The first-order chi connectivity index (χ1) is 24.3. The largest absolute Gasteiger partial charge is 0 e. The molecule has 0 aromatic heterocycles. The van der Waals surface area contributed by atoms with Gasteiger partial charge in [0.1, 0.15) is 0 Å². The van der Waals surface area contributed by atoms with Crippen LogP contribution >= 0.6 is 7.81 Å². The Kier molecular flexibility index (Phi) is 17.5. The number of halogens is 14. The van der Waals surface area contributed by atoms with Crippen molar-refractivity contribution < 1.29 is 80.4 Å². The van der Waals surface area contributed by atoms with E-state index in [2.05, 4.69) is 32.7 Å². The van der Waals surface area contributed by atoms with Gasteiger partial charge in [0, 0.05) is 32.4 Å². The van der Waals surface area contributed by atoms with Crippen LogP contribution in [0.3, 0.4) is 0 Å². The van der Waals surface area contributed by atoms with E-state index < -0.39 is 44.1 Å². The predicted molar refractivity (Wildman–Crippen MR) is 177 cm³/mol. The van der Waals surface area contributed by atoms with Crippen molar-refractivity contribution >= 4 is 7.81 Å². The van der Waals surface area contributed by atoms with Crippen molar-refractivity contribution in [2.24, 2.45) is 11.8 Å². The van der Waals surface area contributed by atoms with Crippen LogP contribution in [0.1, 0.15) is 64.2 Å². The standard InChI is InChI=1S/C12H16F6N2.2C11H12FN.F6P.Ir/c13-11(14,15)7-1-3-19-9(5-7)10-6-8(2-4-20-10)12(16,17)18;2*12-10-6-4-9(5-7-10)11-3-1-2-8-13-11;1-7(2,3,4,5)6;/h7-10H,1-6H2;2*4,6-7,11H,1-3,8H2;;/q3*-2;-1;. The first kappa shape index (κ1) is 48.3. The zero-order valence-electron chi connectivity index (χ0n) is 28.7. The predicted octanol–water partition coefficient (Wildman–Crippen LogP) is 13.9. The molecule has 4 aliphatic heterocycles. The summed E-state index contributed by atoms with van der Waals surface area (Å²) in [4.78, 5) is 0. The summed E-state index contributed by atoms with van der Waals surface area (Å²) in [5.74, 6) is -2.93. The van der Waals surface area contributed by atoms with Crippen LogP contribution in [0.15, 0.2) is 59.1 Å². The van der Waals surface area contributed by atoms with Crippen molar-refractivity contribution in [3.63, 3.8) is 0 Å². The monoisotopic (exact) mass is 994 g/mol. The minimum absolute atomic E-state index is 0. The summed E-state index contributed by atoms with van der Waals surface area (Å²) in [5.41, 5.74) is 7.93. The zero-order valence-corrected chi connectivity index (χ0v) is 32.0. The van der Waals surface area contributed by atoms with Gasteiger partial charge in [-0.2, -0.15) is 50.6 Å². The smallest absolute Gasteiger partial charge is 0 e. The molecule has 0 spiro atoms. The van der Waals surface area contributed by atoms with E-state index in [9.17, 15) is 60.3 Å². The average Bonchev–Trinajstić information content (AvgIpc) is 3.08. The summed E-state index contributed by atoms with van der Waals surface area (Å²) in [6.07, 6.45) is 6.65. The Morgan fingerprint density at radius 2 is 0.907 bits per heavy atom. The van der Waals surface area contributed by atoms with E-state index in [1.807, 2.05) is 0 Å². The summed E-state index contributed by atoms with van der Waals surface area (Å²) in [6, 6.07) is -0.926. The van der Waals surface area contributed by atoms with Gasteiger partial charge in [-0.1, -0.05) is 64.2 Å². The van der Waals surface area contributed by atoms with Gasteiger partial charge in [-0.3, -0.25) is 20.2 Å². The van der Waals surface area contributed by atoms with Crippen molar-refractivity contribution in [1.82, 2.24) is 0 Å². The molecular formula is C34H40F14IrN4P-7. The molecule has 6 unspecified atom stereocenters. The second-order valence-electron chi connectivity index (χ2n) is 13.2. The third-order valence-corrected chi connectivity index (χ3v) is 8.89. The average molecular weight is 994 g/mol. The third kappa shape index (κ3) is 19.9. The fourth-order valence-corrected chi connectivity index (χ4v) is 6.25. The normalized spacial score (nSPS) is 30.0. The molecular weight excluding hydrogens is 954 g/mol. The Labute approximate surface area is 319 Å². The van der Waals surface area contributed by atoms with E-state index in [0.29, 0.717) is 0 Å². The second-order valence-corrected chi connectivity index (χ2v) is 15.1. The van der Waals surface area contributed by atoms with Crippen LogP contribution in [0.2, 0.25) is 0 Å². The van der Waals surface area contributed by atoms with Crippen molar-refractivity contribution in [3.8, 4) is 0 Å². The van der Waals surface area contributed by atoms with Crippen LogP contribution in [-0.2, 0) is 20.1 Å². The molecule has 315 valence electrons. The SMILES string of the molecule is FC(F)(F)C1CC[N-]C(C2CC(C(F)(F)F)CC[N-]2)C1.F[C-]1C=C=C(C2CCCC[N-]2)C=C1.F[C-]1C=C=C(C2CCCC[N-]2)C=C1.F[P-](F)(F)(F)(F)F.[Ir]. The maximum atomic E-state index is 12.7. The quantitative estimate of drug-likeness (QED) is 0.117. The van der Waals surface area contributed by atoms with Gasteiger partial charge in [0.25, 0.3) is 0 Å². The van der Waals surface area contributed by atoms with Gasteiger partial charge < -0.3 is 21.3 Å². The summed E-state index contributed by atoms with van der Waals surface area (Å²) in [7, 11) is -10.7. The maximum Gasteiger partial charge on any atom is 0 e. The van der Waals surface area contributed by atoms with Gasteiger partial charge in [-0.05, 0) is 0 Å². The van der Waals surface area contributed by atoms with Gasteiger partial charge in [0.15, 0.2) is 0 Å². The molecule has 6 rings (SSSR count). The number of piperidine rings is 4. The second kappa shape index (κ2) is 19.6. The summed E-state index contributed by atoms with van der Waals surface area (Å²) in [6.45, 7) is 1.99. The van der Waals surface area contributed by atoms with E-state index in [1.54, 1.807) is 12.2 Å². The van der Waals surface area contributed by atoms with E-state index in [-0.39, 0.29) is 83.3 Å². The third-order valence-electron chi connectivity index (χ3n) is 8.89. The van der Waals surface area contributed by atoms with E-state index >= 15 is 0 Å². The summed E-state index contributed by atoms with van der Waals surface area (Å²) < 4.78 is 161. The first-order valence-electron chi connectivity index (χ1n) is 17.1. The van der Waals surface area contributed by atoms with Gasteiger partial charge >= 0.3 is 45.3 Å². The molecule has 4 nitrogen and oxygen atoms in total. The number of hydrogen-bond acceptors (Lipinski definition) is 0. The molecule has 4 heterocycles. The Balaban J connectivity index is 0.000000262. The fourth-order valence-electron chi connectivity index (χ4n) is 6.25. The molecule has 0 N–H and O–H groups in total.